The highest BCUT2D eigenvalue weighted by Gasteiger charge is 2.22. The molecule has 0 aliphatic carbocycles. The molecule has 0 atom stereocenters. The summed E-state index contributed by atoms with van der Waals surface area (Å²) in [4.78, 5) is 35.5. The van der Waals surface area contributed by atoms with Crippen LogP contribution in [0.2, 0.25) is 0 Å². The lowest BCUT2D eigenvalue weighted by Crippen LogP contribution is -2.35. The van der Waals surface area contributed by atoms with Gasteiger partial charge < -0.3 is 5.32 Å². The molecule has 24 heavy (non-hydrogen) atoms. The lowest BCUT2D eigenvalue weighted by molar-refractivity contribution is 0.101. The van der Waals surface area contributed by atoms with Gasteiger partial charge in [-0.05, 0) is 49.6 Å². The van der Waals surface area contributed by atoms with Crippen LogP contribution in [0.1, 0.15) is 28.4 Å². The number of nitrogens with one attached hydrogen (secondary N) is 1. The summed E-state index contributed by atoms with van der Waals surface area (Å²) in [5.41, 5.74) is 3.74. The molecule has 0 aliphatic rings. The number of ketones is 1. The van der Waals surface area contributed by atoms with E-state index in [1.54, 1.807) is 24.3 Å². The van der Waals surface area contributed by atoms with E-state index in [1.807, 2.05) is 32.0 Å². The predicted molar refractivity (Wildman–Crippen MR) is 96.0 cm³/mol. The molecule has 0 saturated heterocycles. The SMILES string of the molecule is CC(=O)c1cccc(Nc2c(-c3ccc(C)c(C)c3)c(=O)c2=O)c1. The number of carbonyl (C=O) groups is 1. The molecule has 4 heteroatoms. The molecule has 3 rings (SSSR count). The van der Waals surface area contributed by atoms with Crippen molar-refractivity contribution in [3.8, 4) is 11.1 Å². The fraction of sp³-hybridized carbons (Fsp3) is 0.150. The van der Waals surface area contributed by atoms with Crippen LogP contribution in [-0.4, -0.2) is 5.78 Å². The highest BCUT2D eigenvalue weighted by atomic mass is 16.2. The van der Waals surface area contributed by atoms with Gasteiger partial charge in [-0.15, -0.1) is 0 Å². The Morgan fingerprint density at radius 1 is 0.917 bits per heavy atom. The van der Waals surface area contributed by atoms with Crippen molar-refractivity contribution in [1.29, 1.82) is 0 Å². The van der Waals surface area contributed by atoms with Gasteiger partial charge in [-0.25, -0.2) is 0 Å². The summed E-state index contributed by atoms with van der Waals surface area (Å²) in [6.45, 7) is 5.44. The quantitative estimate of drug-likeness (QED) is 0.590. The molecule has 0 heterocycles. The van der Waals surface area contributed by atoms with Crippen LogP contribution < -0.4 is 16.2 Å². The molecule has 3 aromatic carbocycles. The number of benzene rings is 2. The first-order chi connectivity index (χ1) is 11.4. The molecule has 1 N–H and O–H groups in total. The van der Waals surface area contributed by atoms with Crippen LogP contribution in [0.4, 0.5) is 11.4 Å². The van der Waals surface area contributed by atoms with E-state index in [1.165, 1.54) is 6.92 Å². The average Bonchev–Trinajstić information content (AvgIpc) is 2.57. The first kappa shape index (κ1) is 15.9. The average molecular weight is 319 g/mol. The van der Waals surface area contributed by atoms with E-state index in [0.717, 1.165) is 16.7 Å². The molecule has 0 radical (unpaired) electrons. The van der Waals surface area contributed by atoms with Crippen LogP contribution in [0.15, 0.2) is 52.1 Å². The Hall–Kier alpha value is -3.01. The van der Waals surface area contributed by atoms with Crippen molar-refractivity contribution in [2.24, 2.45) is 0 Å². The molecule has 3 aromatic rings. The Morgan fingerprint density at radius 2 is 1.67 bits per heavy atom. The van der Waals surface area contributed by atoms with Gasteiger partial charge in [0.2, 0.25) is 5.43 Å². The second-order valence-corrected chi connectivity index (χ2v) is 5.97. The van der Waals surface area contributed by atoms with Gasteiger partial charge in [0.1, 0.15) is 5.69 Å². The van der Waals surface area contributed by atoms with Crippen LogP contribution in [0.25, 0.3) is 11.1 Å². The van der Waals surface area contributed by atoms with Crippen LogP contribution >= 0.6 is 0 Å². The van der Waals surface area contributed by atoms with Gasteiger partial charge in [-0.1, -0.05) is 30.3 Å². The maximum absolute atomic E-state index is 12.0. The zero-order chi connectivity index (χ0) is 17.4. The second kappa shape index (κ2) is 5.89. The zero-order valence-corrected chi connectivity index (χ0v) is 13.8. The molecule has 0 fully saturated rings. The summed E-state index contributed by atoms with van der Waals surface area (Å²) in [7, 11) is 0. The third-order valence-electron chi connectivity index (χ3n) is 4.24. The number of aryl methyl sites for hydroxylation is 2. The van der Waals surface area contributed by atoms with Crippen molar-refractivity contribution in [1.82, 2.24) is 0 Å². The van der Waals surface area contributed by atoms with E-state index < -0.39 is 10.9 Å². The lowest BCUT2D eigenvalue weighted by Gasteiger charge is -2.15. The van der Waals surface area contributed by atoms with Crippen molar-refractivity contribution < 1.29 is 4.79 Å². The molecular weight excluding hydrogens is 302 g/mol. The summed E-state index contributed by atoms with van der Waals surface area (Å²) in [6, 6.07) is 12.6. The minimum absolute atomic E-state index is 0.0574. The van der Waals surface area contributed by atoms with Crippen molar-refractivity contribution in [3.63, 3.8) is 0 Å². The summed E-state index contributed by atoms with van der Waals surface area (Å²) >= 11 is 0. The maximum atomic E-state index is 12.0. The molecule has 0 saturated carbocycles. The van der Waals surface area contributed by atoms with Gasteiger partial charge in [-0.3, -0.25) is 14.4 Å². The molecule has 0 amide bonds. The van der Waals surface area contributed by atoms with Crippen LogP contribution in [0.5, 0.6) is 0 Å². The predicted octanol–water partition coefficient (Wildman–Crippen LogP) is 3.51. The van der Waals surface area contributed by atoms with Crippen molar-refractivity contribution >= 4 is 17.2 Å². The van der Waals surface area contributed by atoms with Crippen LogP contribution in [0, 0.1) is 13.8 Å². The molecule has 0 bridgehead atoms. The number of carbonyl (C=O) groups excluding carboxylic acids is 1. The normalized spacial score (nSPS) is 10.8. The van der Waals surface area contributed by atoms with Crippen LogP contribution in [0.3, 0.4) is 0 Å². The van der Waals surface area contributed by atoms with Gasteiger partial charge >= 0.3 is 0 Å². The molecule has 0 aromatic heterocycles. The third kappa shape index (κ3) is 2.67. The number of anilines is 2. The van der Waals surface area contributed by atoms with E-state index in [-0.39, 0.29) is 11.5 Å². The second-order valence-electron chi connectivity index (χ2n) is 5.97. The van der Waals surface area contributed by atoms with Crippen molar-refractivity contribution in [2.45, 2.75) is 20.8 Å². The summed E-state index contributed by atoms with van der Waals surface area (Å²) in [5, 5.41) is 2.99. The first-order valence-corrected chi connectivity index (χ1v) is 7.67. The fourth-order valence-electron chi connectivity index (χ4n) is 2.64. The lowest BCUT2D eigenvalue weighted by atomic mass is 9.95. The van der Waals surface area contributed by atoms with E-state index in [0.29, 0.717) is 16.8 Å². The number of hydrogen-bond acceptors (Lipinski definition) is 4. The largest absolute Gasteiger partial charge is 0.352 e. The van der Waals surface area contributed by atoms with Gasteiger partial charge in [0.15, 0.2) is 5.78 Å². The summed E-state index contributed by atoms with van der Waals surface area (Å²) in [6.07, 6.45) is 0. The van der Waals surface area contributed by atoms with E-state index in [4.69, 9.17) is 0 Å². The van der Waals surface area contributed by atoms with Gasteiger partial charge in [0.25, 0.3) is 5.43 Å². The van der Waals surface area contributed by atoms with Crippen LogP contribution in [-0.2, 0) is 0 Å². The smallest absolute Gasteiger partial charge is 0.250 e. The monoisotopic (exact) mass is 319 g/mol. The Morgan fingerprint density at radius 3 is 2.33 bits per heavy atom. The summed E-state index contributed by atoms with van der Waals surface area (Å²) in [5.74, 6) is -0.0574. The Labute approximate surface area is 139 Å². The third-order valence-corrected chi connectivity index (χ3v) is 4.24. The Balaban J connectivity index is 2.02. The maximum Gasteiger partial charge on any atom is 0.250 e. The van der Waals surface area contributed by atoms with E-state index >= 15 is 0 Å². The standard InChI is InChI=1S/C20H17NO3/c1-11-7-8-15(9-12(11)2)17-18(20(24)19(17)23)21-16-6-4-5-14(10-16)13(3)22/h4-10,21H,1-3H3. The van der Waals surface area contributed by atoms with Crippen molar-refractivity contribution in [2.75, 3.05) is 5.32 Å². The number of rotatable bonds is 4. The van der Waals surface area contributed by atoms with Gasteiger partial charge in [-0.2, -0.15) is 0 Å². The molecule has 0 unspecified atom stereocenters. The Bertz CT molecular complexity index is 1020. The number of Topliss-reactive ketones (excluding diaryl/α,β-unsaturated/α-hetero) is 1. The molecule has 120 valence electrons. The van der Waals surface area contributed by atoms with Crippen molar-refractivity contribution in [3.05, 3.63) is 79.6 Å². The highest BCUT2D eigenvalue weighted by molar-refractivity contribution is 5.95. The number of hydrogen-bond donors (Lipinski definition) is 1. The first-order valence-electron chi connectivity index (χ1n) is 7.67. The summed E-state index contributed by atoms with van der Waals surface area (Å²) < 4.78 is 0. The van der Waals surface area contributed by atoms with E-state index in [2.05, 4.69) is 5.32 Å². The fourth-order valence-corrected chi connectivity index (χ4v) is 2.64. The highest BCUT2D eigenvalue weighted by Crippen LogP contribution is 2.28. The molecule has 0 aliphatic heterocycles. The minimum atomic E-state index is -0.531. The van der Waals surface area contributed by atoms with Gasteiger partial charge in [0, 0.05) is 11.3 Å². The topological polar surface area (TPSA) is 63.2 Å². The molecular formula is C20H17NO3. The molecule has 0 spiro atoms. The van der Waals surface area contributed by atoms with E-state index in [9.17, 15) is 14.4 Å². The molecule has 4 nitrogen and oxygen atoms in total. The minimum Gasteiger partial charge on any atom is -0.352 e. The zero-order valence-electron chi connectivity index (χ0n) is 13.8. The Kier molecular flexibility index (Phi) is 3.89. The van der Waals surface area contributed by atoms with Gasteiger partial charge in [0.05, 0.1) is 5.56 Å².